The van der Waals surface area contributed by atoms with Crippen molar-refractivity contribution in [2.75, 3.05) is 5.73 Å². The van der Waals surface area contributed by atoms with Gasteiger partial charge in [0, 0.05) is 5.92 Å². The van der Waals surface area contributed by atoms with Gasteiger partial charge in [0.2, 0.25) is 0 Å². The molecule has 1 fully saturated rings. The third-order valence-corrected chi connectivity index (χ3v) is 4.08. The number of nitrogens with zero attached hydrogens (tertiary/aromatic N) is 1. The Balaban J connectivity index is 2.00. The number of nitrogens with two attached hydrogens (primary N) is 1. The summed E-state index contributed by atoms with van der Waals surface area (Å²) in [6, 6.07) is 6.46. The number of benzene rings is 1. The lowest BCUT2D eigenvalue weighted by molar-refractivity contribution is 0.350. The molecule has 3 nitrogen and oxygen atoms in total. The summed E-state index contributed by atoms with van der Waals surface area (Å²) in [7, 11) is 0. The summed E-state index contributed by atoms with van der Waals surface area (Å²) in [4.78, 5) is 0. The van der Waals surface area contributed by atoms with Gasteiger partial charge < -0.3 is 10.3 Å². The summed E-state index contributed by atoms with van der Waals surface area (Å²) in [6.07, 6.45) is 7.14. The van der Waals surface area contributed by atoms with Crippen LogP contribution in [0.1, 0.15) is 50.2 Å². The smallest absolute Gasteiger partial charge is 0.175 e. The molecule has 1 aliphatic rings. The highest BCUT2D eigenvalue weighted by Gasteiger charge is 2.25. The normalized spacial score (nSPS) is 17.1. The average Bonchev–Trinajstić information content (AvgIpc) is 2.65. The monoisotopic (exact) mass is 274 g/mol. The Labute approximate surface area is 118 Å². The number of halogens is 1. The van der Waals surface area contributed by atoms with Gasteiger partial charge in [-0.25, -0.2) is 4.39 Å². The van der Waals surface area contributed by atoms with Gasteiger partial charge in [-0.15, -0.1) is 0 Å². The third kappa shape index (κ3) is 2.55. The van der Waals surface area contributed by atoms with E-state index >= 15 is 0 Å². The van der Waals surface area contributed by atoms with Crippen LogP contribution in [-0.4, -0.2) is 5.16 Å². The zero-order chi connectivity index (χ0) is 13.9. The van der Waals surface area contributed by atoms with E-state index in [1.54, 1.807) is 6.07 Å². The molecule has 0 unspecified atom stereocenters. The predicted molar refractivity (Wildman–Crippen MR) is 76.8 cm³/mol. The first kappa shape index (κ1) is 13.2. The second-order valence-electron chi connectivity index (χ2n) is 5.51. The summed E-state index contributed by atoms with van der Waals surface area (Å²) in [5, 5.41) is 3.91. The highest BCUT2D eigenvalue weighted by Crippen LogP contribution is 2.40. The van der Waals surface area contributed by atoms with E-state index in [0.29, 0.717) is 11.7 Å². The summed E-state index contributed by atoms with van der Waals surface area (Å²) in [6.45, 7) is 0. The molecular formula is C16H19FN2O. The maximum absolute atomic E-state index is 13.4. The van der Waals surface area contributed by atoms with E-state index < -0.39 is 0 Å². The SMILES string of the molecule is Nc1noc(C2CCCCCC2)c1-c1cccc(F)c1. The van der Waals surface area contributed by atoms with E-state index in [-0.39, 0.29) is 5.82 Å². The van der Waals surface area contributed by atoms with Crippen LogP contribution in [0, 0.1) is 5.82 Å². The molecule has 1 heterocycles. The Morgan fingerprint density at radius 3 is 2.60 bits per heavy atom. The quantitative estimate of drug-likeness (QED) is 0.820. The average molecular weight is 274 g/mol. The van der Waals surface area contributed by atoms with Crippen LogP contribution in [-0.2, 0) is 0 Å². The molecule has 3 rings (SSSR count). The van der Waals surface area contributed by atoms with Gasteiger partial charge in [0.15, 0.2) is 5.82 Å². The standard InChI is InChI=1S/C16H19FN2O/c17-13-9-5-8-12(10-13)14-15(20-19-16(14)18)11-6-3-1-2-4-7-11/h5,8-11H,1-4,6-7H2,(H2,18,19). The number of nitrogen functional groups attached to an aromatic ring is 1. The fraction of sp³-hybridized carbons (Fsp3) is 0.438. The summed E-state index contributed by atoms with van der Waals surface area (Å²) >= 11 is 0. The largest absolute Gasteiger partial charge is 0.380 e. The van der Waals surface area contributed by atoms with Crippen molar-refractivity contribution < 1.29 is 8.91 Å². The van der Waals surface area contributed by atoms with Crippen molar-refractivity contribution in [2.45, 2.75) is 44.4 Å². The topological polar surface area (TPSA) is 52.0 Å². The molecule has 0 radical (unpaired) electrons. The first-order valence-electron chi connectivity index (χ1n) is 7.26. The van der Waals surface area contributed by atoms with Crippen LogP contribution < -0.4 is 5.73 Å². The first-order valence-corrected chi connectivity index (χ1v) is 7.26. The molecule has 2 aromatic rings. The molecule has 2 N–H and O–H groups in total. The Morgan fingerprint density at radius 2 is 1.90 bits per heavy atom. The minimum absolute atomic E-state index is 0.269. The minimum Gasteiger partial charge on any atom is -0.380 e. The van der Waals surface area contributed by atoms with Crippen LogP contribution >= 0.6 is 0 Å². The first-order chi connectivity index (χ1) is 9.75. The van der Waals surface area contributed by atoms with Gasteiger partial charge in [-0.2, -0.15) is 0 Å². The number of hydrogen-bond acceptors (Lipinski definition) is 3. The van der Waals surface area contributed by atoms with E-state index in [2.05, 4.69) is 5.16 Å². The third-order valence-electron chi connectivity index (χ3n) is 4.08. The minimum atomic E-state index is -0.269. The molecule has 0 atom stereocenters. The highest BCUT2D eigenvalue weighted by molar-refractivity contribution is 5.75. The van der Waals surface area contributed by atoms with Crippen molar-refractivity contribution in [1.82, 2.24) is 5.16 Å². The van der Waals surface area contributed by atoms with Gasteiger partial charge in [0.25, 0.3) is 0 Å². The van der Waals surface area contributed by atoms with Gasteiger partial charge >= 0.3 is 0 Å². The number of hydrogen-bond donors (Lipinski definition) is 1. The summed E-state index contributed by atoms with van der Waals surface area (Å²) in [5.41, 5.74) is 7.47. The van der Waals surface area contributed by atoms with Crippen molar-refractivity contribution in [2.24, 2.45) is 0 Å². The Kier molecular flexibility index (Phi) is 3.72. The molecular weight excluding hydrogens is 255 g/mol. The highest BCUT2D eigenvalue weighted by atomic mass is 19.1. The van der Waals surface area contributed by atoms with Crippen molar-refractivity contribution in [3.05, 3.63) is 35.8 Å². The molecule has 0 amide bonds. The number of aromatic nitrogens is 1. The maximum atomic E-state index is 13.4. The van der Waals surface area contributed by atoms with Crippen LogP contribution in [0.2, 0.25) is 0 Å². The molecule has 1 aromatic heterocycles. The van der Waals surface area contributed by atoms with Crippen molar-refractivity contribution in [3.8, 4) is 11.1 Å². The number of anilines is 1. The lowest BCUT2D eigenvalue weighted by atomic mass is 9.92. The van der Waals surface area contributed by atoms with Crippen LogP contribution in [0.5, 0.6) is 0 Å². The van der Waals surface area contributed by atoms with E-state index in [4.69, 9.17) is 10.3 Å². The van der Waals surface area contributed by atoms with Crippen molar-refractivity contribution in [3.63, 3.8) is 0 Å². The molecule has 20 heavy (non-hydrogen) atoms. The molecule has 1 aromatic carbocycles. The molecule has 0 spiro atoms. The fourth-order valence-electron chi connectivity index (χ4n) is 3.07. The summed E-state index contributed by atoms with van der Waals surface area (Å²) < 4.78 is 18.9. The van der Waals surface area contributed by atoms with Gasteiger partial charge in [-0.05, 0) is 30.5 Å². The molecule has 0 saturated heterocycles. The lowest BCUT2D eigenvalue weighted by Crippen LogP contribution is -1.99. The Bertz CT molecular complexity index is 586. The predicted octanol–water partition coefficient (Wildman–Crippen LogP) is 4.50. The van der Waals surface area contributed by atoms with Gasteiger partial charge in [-0.3, -0.25) is 0 Å². The van der Waals surface area contributed by atoms with E-state index in [1.807, 2.05) is 6.07 Å². The maximum Gasteiger partial charge on any atom is 0.175 e. The summed E-state index contributed by atoms with van der Waals surface area (Å²) in [5.74, 6) is 1.26. The van der Waals surface area contributed by atoms with E-state index in [1.165, 1.54) is 37.8 Å². The number of rotatable bonds is 2. The van der Waals surface area contributed by atoms with Gasteiger partial charge in [-0.1, -0.05) is 43.0 Å². The van der Waals surface area contributed by atoms with Crippen LogP contribution in [0.25, 0.3) is 11.1 Å². The van der Waals surface area contributed by atoms with Crippen LogP contribution in [0.4, 0.5) is 10.2 Å². The molecule has 0 bridgehead atoms. The Hall–Kier alpha value is -1.84. The van der Waals surface area contributed by atoms with Crippen molar-refractivity contribution in [1.29, 1.82) is 0 Å². The van der Waals surface area contributed by atoms with Crippen LogP contribution in [0.3, 0.4) is 0 Å². The second kappa shape index (κ2) is 5.65. The van der Waals surface area contributed by atoms with E-state index in [0.717, 1.165) is 29.7 Å². The molecule has 4 heteroatoms. The van der Waals surface area contributed by atoms with E-state index in [9.17, 15) is 4.39 Å². The van der Waals surface area contributed by atoms with Crippen molar-refractivity contribution >= 4 is 5.82 Å². The van der Waals surface area contributed by atoms with Gasteiger partial charge in [0.1, 0.15) is 11.6 Å². The fourth-order valence-corrected chi connectivity index (χ4v) is 3.07. The zero-order valence-corrected chi connectivity index (χ0v) is 11.4. The molecule has 0 aliphatic heterocycles. The lowest BCUT2D eigenvalue weighted by Gasteiger charge is -2.12. The Morgan fingerprint density at radius 1 is 1.15 bits per heavy atom. The van der Waals surface area contributed by atoms with Gasteiger partial charge in [0.05, 0.1) is 5.56 Å². The molecule has 1 aliphatic carbocycles. The zero-order valence-electron chi connectivity index (χ0n) is 11.4. The molecule has 1 saturated carbocycles. The van der Waals surface area contributed by atoms with Crippen LogP contribution in [0.15, 0.2) is 28.8 Å². The second-order valence-corrected chi connectivity index (χ2v) is 5.51. The molecule has 106 valence electrons.